The van der Waals surface area contributed by atoms with E-state index < -0.39 is 0 Å². The number of hydrogen-bond acceptors (Lipinski definition) is 4. The van der Waals surface area contributed by atoms with Gasteiger partial charge in [0.1, 0.15) is 5.84 Å². The molecule has 3 N–H and O–H groups in total. The van der Waals surface area contributed by atoms with E-state index in [2.05, 4.69) is 17.1 Å². The second kappa shape index (κ2) is 5.23. The summed E-state index contributed by atoms with van der Waals surface area (Å²) in [6, 6.07) is 0.579. The first-order chi connectivity index (χ1) is 8.15. The Hall–Kier alpha value is -0.810. The van der Waals surface area contributed by atoms with E-state index in [1.165, 1.54) is 19.3 Å². The van der Waals surface area contributed by atoms with Crippen LogP contribution in [0.15, 0.2) is 5.16 Å². The van der Waals surface area contributed by atoms with Gasteiger partial charge < -0.3 is 20.6 Å². The molecule has 5 nitrogen and oxygen atoms in total. The molecule has 0 aromatic carbocycles. The fraction of sp³-hybridized carbons (Fsp3) is 0.917. The van der Waals surface area contributed by atoms with Gasteiger partial charge in [0.05, 0.1) is 5.60 Å². The lowest BCUT2D eigenvalue weighted by atomic mass is 9.73. The van der Waals surface area contributed by atoms with Crippen molar-refractivity contribution in [3.8, 4) is 0 Å². The smallest absolute Gasteiger partial charge is 0.140 e. The van der Waals surface area contributed by atoms with Crippen LogP contribution in [0.2, 0.25) is 0 Å². The first-order valence-corrected chi connectivity index (χ1v) is 6.46. The molecule has 5 heteroatoms. The Labute approximate surface area is 103 Å². The van der Waals surface area contributed by atoms with Gasteiger partial charge in [-0.3, -0.25) is 0 Å². The number of hydrogen-bond donors (Lipinski definition) is 2. The lowest BCUT2D eigenvalue weighted by Gasteiger charge is -2.49. The molecule has 2 rings (SSSR count). The van der Waals surface area contributed by atoms with Gasteiger partial charge in [-0.2, -0.15) is 0 Å². The minimum atomic E-state index is 0.188. The fourth-order valence-corrected chi connectivity index (χ4v) is 2.82. The SMILES string of the molecule is CN(CCC(N)=NO)C1CCOC2(CCC2)C1. The molecule has 1 unspecified atom stereocenters. The summed E-state index contributed by atoms with van der Waals surface area (Å²) in [5, 5.41) is 11.5. The Morgan fingerprint density at radius 2 is 2.35 bits per heavy atom. The van der Waals surface area contributed by atoms with Crippen LogP contribution >= 0.6 is 0 Å². The number of nitrogens with two attached hydrogens (primary N) is 1. The third-order valence-corrected chi connectivity index (χ3v) is 4.20. The van der Waals surface area contributed by atoms with Crippen molar-refractivity contribution >= 4 is 5.84 Å². The van der Waals surface area contributed by atoms with Crippen molar-refractivity contribution in [3.63, 3.8) is 0 Å². The maximum absolute atomic E-state index is 8.51. The average Bonchev–Trinajstić information content (AvgIpc) is 2.33. The number of amidine groups is 1. The highest BCUT2D eigenvalue weighted by Gasteiger charge is 2.43. The van der Waals surface area contributed by atoms with Gasteiger partial charge in [0.2, 0.25) is 0 Å². The standard InChI is InChI=1S/C12H23N3O2/c1-15(7-3-11(13)14-16)10-4-8-17-12(9-10)5-2-6-12/h10,16H,2-9H2,1H3,(H2,13,14). The molecule has 0 aromatic heterocycles. The summed E-state index contributed by atoms with van der Waals surface area (Å²) in [7, 11) is 2.12. The van der Waals surface area contributed by atoms with E-state index in [9.17, 15) is 0 Å². The Kier molecular flexibility index (Phi) is 3.89. The van der Waals surface area contributed by atoms with E-state index in [1.807, 2.05) is 0 Å². The van der Waals surface area contributed by atoms with Crippen LogP contribution in [0.5, 0.6) is 0 Å². The van der Waals surface area contributed by atoms with E-state index in [-0.39, 0.29) is 5.60 Å². The lowest BCUT2D eigenvalue weighted by molar-refractivity contribution is -0.146. The van der Waals surface area contributed by atoms with Crippen molar-refractivity contribution in [1.82, 2.24) is 4.90 Å². The highest BCUT2D eigenvalue weighted by atomic mass is 16.5. The number of rotatable bonds is 4. The molecular formula is C12H23N3O2. The molecule has 1 saturated carbocycles. The zero-order valence-electron chi connectivity index (χ0n) is 10.6. The van der Waals surface area contributed by atoms with Gasteiger partial charge >= 0.3 is 0 Å². The normalized spacial score (nSPS) is 28.4. The second-order valence-corrected chi connectivity index (χ2v) is 5.35. The van der Waals surface area contributed by atoms with E-state index in [0.717, 1.165) is 26.0 Å². The highest BCUT2D eigenvalue weighted by Crippen LogP contribution is 2.43. The van der Waals surface area contributed by atoms with Gasteiger partial charge in [-0.1, -0.05) is 5.16 Å². The first kappa shape index (κ1) is 12.6. The van der Waals surface area contributed by atoms with Crippen molar-refractivity contribution in [2.24, 2.45) is 10.9 Å². The van der Waals surface area contributed by atoms with Crippen LogP contribution in [0.25, 0.3) is 0 Å². The summed E-state index contributed by atoms with van der Waals surface area (Å²) in [6.45, 7) is 1.72. The Bertz CT molecular complexity index is 289. The van der Waals surface area contributed by atoms with Gasteiger partial charge in [0, 0.05) is 25.6 Å². The molecule has 1 atom stereocenters. The Morgan fingerprint density at radius 1 is 1.59 bits per heavy atom. The van der Waals surface area contributed by atoms with Crippen molar-refractivity contribution < 1.29 is 9.94 Å². The zero-order chi connectivity index (χ0) is 12.3. The molecule has 1 saturated heterocycles. The van der Waals surface area contributed by atoms with E-state index >= 15 is 0 Å². The molecule has 1 spiro atoms. The van der Waals surface area contributed by atoms with Gasteiger partial charge in [-0.25, -0.2) is 0 Å². The summed E-state index contributed by atoms with van der Waals surface area (Å²) in [5.41, 5.74) is 5.68. The van der Waals surface area contributed by atoms with Crippen LogP contribution in [0.4, 0.5) is 0 Å². The number of nitrogens with zero attached hydrogens (tertiary/aromatic N) is 2. The molecule has 1 heterocycles. The van der Waals surface area contributed by atoms with Crippen LogP contribution in [-0.4, -0.2) is 47.8 Å². The van der Waals surface area contributed by atoms with Gasteiger partial charge in [0.25, 0.3) is 0 Å². The molecule has 0 amide bonds. The molecule has 0 radical (unpaired) electrons. The molecule has 1 aliphatic heterocycles. The number of oxime groups is 1. The highest BCUT2D eigenvalue weighted by molar-refractivity contribution is 5.79. The number of ether oxygens (including phenoxy) is 1. The lowest BCUT2D eigenvalue weighted by Crippen LogP contribution is -2.51. The van der Waals surface area contributed by atoms with Crippen molar-refractivity contribution in [2.45, 2.75) is 50.2 Å². The average molecular weight is 241 g/mol. The van der Waals surface area contributed by atoms with E-state index in [0.29, 0.717) is 18.3 Å². The molecule has 0 bridgehead atoms. The van der Waals surface area contributed by atoms with Crippen molar-refractivity contribution in [3.05, 3.63) is 0 Å². The summed E-state index contributed by atoms with van der Waals surface area (Å²) in [4.78, 5) is 2.32. The van der Waals surface area contributed by atoms with Crippen LogP contribution in [-0.2, 0) is 4.74 Å². The van der Waals surface area contributed by atoms with E-state index in [4.69, 9.17) is 15.7 Å². The van der Waals surface area contributed by atoms with Crippen LogP contribution in [0, 0.1) is 0 Å². The Balaban J connectivity index is 1.80. The second-order valence-electron chi connectivity index (χ2n) is 5.35. The third-order valence-electron chi connectivity index (χ3n) is 4.20. The molecule has 0 aromatic rings. The van der Waals surface area contributed by atoms with Crippen LogP contribution < -0.4 is 5.73 Å². The molecular weight excluding hydrogens is 218 g/mol. The summed E-state index contributed by atoms with van der Waals surface area (Å²) in [6.07, 6.45) is 6.60. The molecule has 2 fully saturated rings. The van der Waals surface area contributed by atoms with Gasteiger partial charge in [-0.05, 0) is 39.2 Å². The summed E-state index contributed by atoms with van der Waals surface area (Å²) in [5.74, 6) is 0.308. The largest absolute Gasteiger partial charge is 0.409 e. The van der Waals surface area contributed by atoms with Crippen LogP contribution in [0.1, 0.15) is 38.5 Å². The minimum absolute atomic E-state index is 0.188. The quantitative estimate of drug-likeness (QED) is 0.335. The summed E-state index contributed by atoms with van der Waals surface area (Å²) < 4.78 is 5.91. The van der Waals surface area contributed by atoms with Crippen molar-refractivity contribution in [1.29, 1.82) is 0 Å². The third kappa shape index (κ3) is 2.90. The maximum Gasteiger partial charge on any atom is 0.140 e. The molecule has 2 aliphatic rings. The molecule has 17 heavy (non-hydrogen) atoms. The maximum atomic E-state index is 8.51. The van der Waals surface area contributed by atoms with Gasteiger partial charge in [0.15, 0.2) is 0 Å². The summed E-state index contributed by atoms with van der Waals surface area (Å²) >= 11 is 0. The van der Waals surface area contributed by atoms with Gasteiger partial charge in [-0.15, -0.1) is 0 Å². The topological polar surface area (TPSA) is 71.1 Å². The van der Waals surface area contributed by atoms with Crippen LogP contribution in [0.3, 0.4) is 0 Å². The zero-order valence-corrected chi connectivity index (χ0v) is 10.6. The monoisotopic (exact) mass is 241 g/mol. The Morgan fingerprint density at radius 3 is 2.94 bits per heavy atom. The van der Waals surface area contributed by atoms with Crippen molar-refractivity contribution in [2.75, 3.05) is 20.2 Å². The first-order valence-electron chi connectivity index (χ1n) is 6.46. The molecule has 98 valence electrons. The predicted octanol–water partition coefficient (Wildman–Crippen LogP) is 1.16. The molecule has 1 aliphatic carbocycles. The fourth-order valence-electron chi connectivity index (χ4n) is 2.82. The van der Waals surface area contributed by atoms with E-state index in [1.54, 1.807) is 0 Å². The predicted molar refractivity (Wildman–Crippen MR) is 66.2 cm³/mol. The minimum Gasteiger partial charge on any atom is -0.409 e.